The summed E-state index contributed by atoms with van der Waals surface area (Å²) in [6.07, 6.45) is 0. The number of carboxylic acids is 2. The lowest BCUT2D eigenvalue weighted by atomic mass is 10.0. The number of hydrogen-bond donors (Lipinski definition) is 3. The molecule has 0 spiro atoms. The summed E-state index contributed by atoms with van der Waals surface area (Å²) in [5.41, 5.74) is -1.32. The van der Waals surface area contributed by atoms with E-state index in [1.807, 2.05) is 0 Å². The van der Waals surface area contributed by atoms with Gasteiger partial charge in [0.25, 0.3) is 0 Å². The van der Waals surface area contributed by atoms with Crippen LogP contribution in [0.15, 0.2) is 18.2 Å². The zero-order chi connectivity index (χ0) is 13.7. The van der Waals surface area contributed by atoms with Gasteiger partial charge in [0.2, 0.25) is 0 Å². The van der Waals surface area contributed by atoms with Crippen molar-refractivity contribution in [3.63, 3.8) is 0 Å². The van der Waals surface area contributed by atoms with Gasteiger partial charge in [0.05, 0.1) is 16.7 Å². The molecule has 1 rings (SSSR count). The Morgan fingerprint density at radius 1 is 1.11 bits per heavy atom. The van der Waals surface area contributed by atoms with Gasteiger partial charge in [-0.15, -0.1) is 0 Å². The fourth-order valence-corrected chi connectivity index (χ4v) is 1.44. The van der Waals surface area contributed by atoms with Crippen molar-refractivity contribution in [2.75, 3.05) is 12.4 Å². The fourth-order valence-electron chi connectivity index (χ4n) is 1.35. The molecule has 0 atom stereocenters. The molecule has 0 radical (unpaired) electrons. The van der Waals surface area contributed by atoms with Crippen LogP contribution in [0.2, 0.25) is 0 Å². The van der Waals surface area contributed by atoms with Gasteiger partial charge < -0.3 is 14.9 Å². The number of carbonyl (C=O) groups excluding carboxylic acids is 1. The van der Waals surface area contributed by atoms with Crippen molar-refractivity contribution in [3.8, 4) is 0 Å². The zero-order valence-electron chi connectivity index (χ0n) is 9.12. The van der Waals surface area contributed by atoms with Crippen LogP contribution in [0.5, 0.6) is 0 Å². The molecule has 18 heavy (non-hydrogen) atoms. The van der Waals surface area contributed by atoms with Gasteiger partial charge in [-0.25, -0.2) is 14.4 Å². The van der Waals surface area contributed by atoms with E-state index in [0.29, 0.717) is 0 Å². The quantitative estimate of drug-likeness (QED) is 0.548. The van der Waals surface area contributed by atoms with Crippen LogP contribution in [0.3, 0.4) is 0 Å². The second-order valence-corrected chi connectivity index (χ2v) is 3.65. The molecule has 0 aliphatic carbocycles. The van der Waals surface area contributed by atoms with Gasteiger partial charge in [-0.1, -0.05) is 6.07 Å². The lowest BCUT2D eigenvalue weighted by Crippen LogP contribution is -2.17. The summed E-state index contributed by atoms with van der Waals surface area (Å²) >= 11 is 3.84. The van der Waals surface area contributed by atoms with Crippen LogP contribution in [0, 0.1) is 0 Å². The Bertz CT molecular complexity index is 496. The molecule has 0 saturated carbocycles. The molecule has 1 aromatic rings. The summed E-state index contributed by atoms with van der Waals surface area (Å²) in [5, 5.41) is 17.9. The summed E-state index contributed by atoms with van der Waals surface area (Å²) in [5.74, 6) is -3.51. The van der Waals surface area contributed by atoms with Crippen molar-refractivity contribution in [2.45, 2.75) is 0 Å². The Balaban J connectivity index is 3.27. The number of benzene rings is 1. The number of thiol groups is 1. The van der Waals surface area contributed by atoms with Crippen LogP contribution in [0.1, 0.15) is 31.1 Å². The monoisotopic (exact) mass is 270 g/mol. The highest BCUT2D eigenvalue weighted by atomic mass is 32.1. The molecule has 2 N–H and O–H groups in total. The molecule has 0 bridgehead atoms. The van der Waals surface area contributed by atoms with Crippen LogP contribution in [0.4, 0.5) is 0 Å². The third kappa shape index (κ3) is 3.01. The average Bonchev–Trinajstić information content (AvgIpc) is 2.34. The minimum atomic E-state index is -1.49. The third-order valence-corrected chi connectivity index (χ3v) is 2.24. The predicted molar refractivity (Wildman–Crippen MR) is 64.5 cm³/mol. The number of aromatic carboxylic acids is 2. The van der Waals surface area contributed by atoms with Crippen molar-refractivity contribution < 1.29 is 29.3 Å². The maximum absolute atomic E-state index is 11.6. The van der Waals surface area contributed by atoms with Crippen LogP contribution in [-0.2, 0) is 4.74 Å². The molecule has 0 aromatic heterocycles. The topological polar surface area (TPSA) is 101 Å². The lowest BCUT2D eigenvalue weighted by Gasteiger charge is -2.08. The largest absolute Gasteiger partial charge is 0.478 e. The van der Waals surface area contributed by atoms with E-state index in [9.17, 15) is 14.4 Å². The molecule has 6 nitrogen and oxygen atoms in total. The van der Waals surface area contributed by atoms with Crippen molar-refractivity contribution in [3.05, 3.63) is 34.9 Å². The first-order chi connectivity index (χ1) is 8.49. The second kappa shape index (κ2) is 6.06. The first-order valence-electron chi connectivity index (χ1n) is 4.86. The Morgan fingerprint density at radius 2 is 1.72 bits per heavy atom. The van der Waals surface area contributed by atoms with E-state index in [1.165, 1.54) is 12.1 Å². The highest BCUT2D eigenvalue weighted by Gasteiger charge is 2.24. The van der Waals surface area contributed by atoms with Crippen molar-refractivity contribution in [1.29, 1.82) is 0 Å². The molecule has 0 saturated heterocycles. The molecular weight excluding hydrogens is 260 g/mol. The number of ether oxygens (including phenoxy) is 1. The van der Waals surface area contributed by atoms with Gasteiger partial charge in [0.1, 0.15) is 6.61 Å². The van der Waals surface area contributed by atoms with E-state index >= 15 is 0 Å². The highest BCUT2D eigenvalue weighted by molar-refractivity contribution is 7.80. The summed E-state index contributed by atoms with van der Waals surface area (Å²) in [4.78, 5) is 33.5. The van der Waals surface area contributed by atoms with Crippen LogP contribution in [0.25, 0.3) is 0 Å². The number of esters is 1. The molecular formula is C11H10O6S. The lowest BCUT2D eigenvalue weighted by molar-refractivity contribution is 0.0518. The summed E-state index contributed by atoms with van der Waals surface area (Å²) in [7, 11) is 0. The Kier molecular flexibility index (Phi) is 4.73. The first-order valence-corrected chi connectivity index (χ1v) is 5.50. The zero-order valence-corrected chi connectivity index (χ0v) is 10.0. The standard InChI is InChI=1S/C11H10O6S/c12-9(13)6-2-1-3-7(8(6)10(14)15)11(16)17-4-5-18/h1-3,18H,4-5H2,(H,12,13)(H,14,15). The molecule has 1 aromatic carbocycles. The van der Waals surface area contributed by atoms with Gasteiger partial charge >= 0.3 is 17.9 Å². The van der Waals surface area contributed by atoms with Crippen LogP contribution >= 0.6 is 12.6 Å². The van der Waals surface area contributed by atoms with Gasteiger partial charge in [0, 0.05) is 5.75 Å². The molecule has 0 heterocycles. The van der Waals surface area contributed by atoms with Gasteiger partial charge in [-0.3, -0.25) is 0 Å². The van der Waals surface area contributed by atoms with Crippen LogP contribution < -0.4 is 0 Å². The second-order valence-electron chi connectivity index (χ2n) is 3.20. The highest BCUT2D eigenvalue weighted by Crippen LogP contribution is 2.16. The van der Waals surface area contributed by atoms with E-state index in [4.69, 9.17) is 14.9 Å². The molecule has 0 aliphatic rings. The van der Waals surface area contributed by atoms with E-state index in [0.717, 1.165) is 6.07 Å². The smallest absolute Gasteiger partial charge is 0.339 e. The van der Waals surface area contributed by atoms with Crippen molar-refractivity contribution >= 4 is 30.5 Å². The molecule has 0 aliphatic heterocycles. The van der Waals surface area contributed by atoms with Gasteiger partial charge in [-0.05, 0) is 12.1 Å². The van der Waals surface area contributed by atoms with Gasteiger partial charge in [-0.2, -0.15) is 12.6 Å². The molecule has 0 unspecified atom stereocenters. The summed E-state index contributed by atoms with van der Waals surface area (Å²) < 4.78 is 4.73. The molecule has 7 heteroatoms. The number of carbonyl (C=O) groups is 3. The molecule has 96 valence electrons. The Labute approximate surface area is 108 Å². The number of rotatable bonds is 5. The predicted octanol–water partition coefficient (Wildman–Crippen LogP) is 1.17. The van der Waals surface area contributed by atoms with E-state index in [-0.39, 0.29) is 17.9 Å². The average molecular weight is 270 g/mol. The minimum Gasteiger partial charge on any atom is -0.478 e. The van der Waals surface area contributed by atoms with Crippen molar-refractivity contribution in [2.24, 2.45) is 0 Å². The SMILES string of the molecule is O=C(O)c1cccc(C(=O)OCCS)c1C(=O)O. The minimum absolute atomic E-state index is 0.0122. The fraction of sp³-hybridized carbons (Fsp3) is 0.182. The van der Waals surface area contributed by atoms with Crippen LogP contribution in [-0.4, -0.2) is 40.5 Å². The van der Waals surface area contributed by atoms with E-state index in [2.05, 4.69) is 12.6 Å². The van der Waals surface area contributed by atoms with Gasteiger partial charge in [0.15, 0.2) is 0 Å². The normalized spacial score (nSPS) is 9.83. The molecule has 0 fully saturated rings. The Hall–Kier alpha value is -2.02. The van der Waals surface area contributed by atoms with Crippen molar-refractivity contribution in [1.82, 2.24) is 0 Å². The third-order valence-electron chi connectivity index (χ3n) is 2.05. The Morgan fingerprint density at radius 3 is 2.22 bits per heavy atom. The maximum Gasteiger partial charge on any atom is 0.339 e. The van der Waals surface area contributed by atoms with E-state index < -0.39 is 29.0 Å². The summed E-state index contributed by atoms with van der Waals surface area (Å²) in [6.45, 7) is 0.0122. The number of hydrogen-bond acceptors (Lipinski definition) is 5. The summed E-state index contributed by atoms with van der Waals surface area (Å²) in [6, 6.07) is 3.60. The molecule has 0 amide bonds. The number of carboxylic acid groups (broad SMARTS) is 2. The van der Waals surface area contributed by atoms with E-state index in [1.54, 1.807) is 0 Å². The first kappa shape index (κ1) is 14.0. The maximum atomic E-state index is 11.6.